The van der Waals surface area contributed by atoms with E-state index in [-0.39, 0.29) is 18.2 Å². The van der Waals surface area contributed by atoms with Gasteiger partial charge in [0.2, 0.25) is 11.8 Å². The van der Waals surface area contributed by atoms with Crippen molar-refractivity contribution in [1.29, 1.82) is 0 Å². The second-order valence-electron chi connectivity index (χ2n) is 4.31. The highest BCUT2D eigenvalue weighted by atomic mass is 16.5. The van der Waals surface area contributed by atoms with Crippen LogP contribution in [0.15, 0.2) is 24.5 Å². The Kier molecular flexibility index (Phi) is 4.85. The smallest absolute Gasteiger partial charge is 0.232 e. The number of hydrogen-bond donors (Lipinski definition) is 1. The van der Waals surface area contributed by atoms with Gasteiger partial charge in [0.05, 0.1) is 13.2 Å². The Bertz CT molecular complexity index is 430. The predicted molar refractivity (Wildman–Crippen MR) is 68.1 cm³/mol. The molecule has 0 aliphatic carbocycles. The van der Waals surface area contributed by atoms with Gasteiger partial charge in [0.25, 0.3) is 0 Å². The summed E-state index contributed by atoms with van der Waals surface area (Å²) in [6, 6.07) is 3.68. The maximum atomic E-state index is 11.8. The molecular formula is C13H17N3O3. The molecule has 0 bridgehead atoms. The number of amides is 2. The summed E-state index contributed by atoms with van der Waals surface area (Å²) in [6.45, 7) is 2.61. The number of nitrogens with zero attached hydrogens (tertiary/aromatic N) is 2. The molecule has 0 aromatic carbocycles. The van der Waals surface area contributed by atoms with E-state index >= 15 is 0 Å². The molecule has 1 aliphatic rings. The molecule has 2 amide bonds. The minimum Gasteiger partial charge on any atom is -0.378 e. The molecule has 0 spiro atoms. The number of nitrogens with one attached hydrogen (secondary N) is 1. The summed E-state index contributed by atoms with van der Waals surface area (Å²) in [5.74, 6) is -0.410. The Morgan fingerprint density at radius 3 is 2.84 bits per heavy atom. The number of rotatable bonds is 4. The lowest BCUT2D eigenvalue weighted by molar-refractivity contribution is -0.139. The topological polar surface area (TPSA) is 71.5 Å². The van der Waals surface area contributed by atoms with Crippen LogP contribution in [-0.4, -0.2) is 48.0 Å². The molecule has 0 saturated carbocycles. The second kappa shape index (κ2) is 6.84. The van der Waals surface area contributed by atoms with E-state index < -0.39 is 0 Å². The first-order valence-corrected chi connectivity index (χ1v) is 6.27. The van der Waals surface area contributed by atoms with Crippen molar-refractivity contribution in [2.45, 2.75) is 13.0 Å². The van der Waals surface area contributed by atoms with Gasteiger partial charge in [0.1, 0.15) is 6.42 Å². The molecule has 102 valence electrons. The molecule has 0 unspecified atom stereocenters. The third-order valence-corrected chi connectivity index (χ3v) is 2.89. The van der Waals surface area contributed by atoms with E-state index in [4.69, 9.17) is 4.74 Å². The molecule has 2 rings (SSSR count). The molecule has 6 nitrogen and oxygen atoms in total. The van der Waals surface area contributed by atoms with Crippen LogP contribution < -0.4 is 5.32 Å². The molecule has 0 atom stereocenters. The summed E-state index contributed by atoms with van der Waals surface area (Å²) < 4.78 is 5.16. The summed E-state index contributed by atoms with van der Waals surface area (Å²) in [5, 5.41) is 2.71. The van der Waals surface area contributed by atoms with Crippen LogP contribution in [0, 0.1) is 0 Å². The van der Waals surface area contributed by atoms with Gasteiger partial charge < -0.3 is 15.0 Å². The zero-order valence-corrected chi connectivity index (χ0v) is 10.7. The molecule has 2 heterocycles. The molecule has 1 aromatic rings. The number of aromatic nitrogens is 1. The van der Waals surface area contributed by atoms with Crippen molar-refractivity contribution in [3.05, 3.63) is 30.1 Å². The minimum atomic E-state index is -0.264. The first kappa shape index (κ1) is 13.5. The van der Waals surface area contributed by atoms with E-state index in [2.05, 4.69) is 10.3 Å². The van der Waals surface area contributed by atoms with Crippen molar-refractivity contribution < 1.29 is 14.3 Å². The molecule has 1 aliphatic heterocycles. The maximum Gasteiger partial charge on any atom is 0.232 e. The molecule has 1 saturated heterocycles. The highest BCUT2D eigenvalue weighted by molar-refractivity contribution is 5.96. The van der Waals surface area contributed by atoms with Crippen LogP contribution in [0.4, 0.5) is 0 Å². The Morgan fingerprint density at radius 1 is 1.37 bits per heavy atom. The van der Waals surface area contributed by atoms with Crippen molar-refractivity contribution in [1.82, 2.24) is 15.2 Å². The molecular weight excluding hydrogens is 246 g/mol. The lowest BCUT2D eigenvalue weighted by Crippen LogP contribution is -2.42. The first-order valence-electron chi connectivity index (χ1n) is 6.27. The number of hydrogen-bond acceptors (Lipinski definition) is 4. The quantitative estimate of drug-likeness (QED) is 0.773. The van der Waals surface area contributed by atoms with Crippen LogP contribution >= 0.6 is 0 Å². The fourth-order valence-electron chi connectivity index (χ4n) is 1.83. The van der Waals surface area contributed by atoms with Gasteiger partial charge >= 0.3 is 0 Å². The summed E-state index contributed by atoms with van der Waals surface area (Å²) in [7, 11) is 0. The van der Waals surface area contributed by atoms with Gasteiger partial charge in [-0.25, -0.2) is 0 Å². The minimum absolute atomic E-state index is 0.111. The largest absolute Gasteiger partial charge is 0.378 e. The standard InChI is InChI=1S/C13H17N3O3/c17-12(15-10-11-2-1-3-14-9-11)8-13(18)16-4-6-19-7-5-16/h1-3,9H,4-8,10H2,(H,15,17). The van der Waals surface area contributed by atoms with E-state index in [0.29, 0.717) is 32.8 Å². The van der Waals surface area contributed by atoms with Crippen LogP contribution in [0.3, 0.4) is 0 Å². The molecule has 0 radical (unpaired) electrons. The molecule has 19 heavy (non-hydrogen) atoms. The molecule has 6 heteroatoms. The van der Waals surface area contributed by atoms with Crippen molar-refractivity contribution in [2.75, 3.05) is 26.3 Å². The van der Waals surface area contributed by atoms with E-state index in [1.807, 2.05) is 6.07 Å². The van der Waals surface area contributed by atoms with Crippen molar-refractivity contribution in [2.24, 2.45) is 0 Å². The monoisotopic (exact) mass is 263 g/mol. The zero-order valence-electron chi connectivity index (χ0n) is 10.7. The van der Waals surface area contributed by atoms with Crippen LogP contribution in [-0.2, 0) is 20.9 Å². The number of ether oxygens (including phenoxy) is 1. The average Bonchev–Trinajstić information content (AvgIpc) is 2.47. The average molecular weight is 263 g/mol. The predicted octanol–water partition coefficient (Wildman–Crippen LogP) is -0.0533. The van der Waals surface area contributed by atoms with Gasteiger partial charge in [-0.2, -0.15) is 0 Å². The number of carbonyl (C=O) groups is 2. The fraction of sp³-hybridized carbons (Fsp3) is 0.462. The van der Waals surface area contributed by atoms with Gasteiger partial charge in [-0.3, -0.25) is 14.6 Å². The zero-order chi connectivity index (χ0) is 13.5. The lowest BCUT2D eigenvalue weighted by Gasteiger charge is -2.26. The maximum absolute atomic E-state index is 11.8. The summed E-state index contributed by atoms with van der Waals surface area (Å²) >= 11 is 0. The van der Waals surface area contributed by atoms with Crippen LogP contribution in [0.2, 0.25) is 0 Å². The first-order chi connectivity index (χ1) is 9.25. The SMILES string of the molecule is O=C(CC(=O)N1CCOCC1)NCc1cccnc1. The Labute approximate surface area is 111 Å². The van der Waals surface area contributed by atoms with Crippen LogP contribution in [0.25, 0.3) is 0 Å². The van der Waals surface area contributed by atoms with E-state index in [9.17, 15) is 9.59 Å². The Morgan fingerprint density at radius 2 is 2.16 bits per heavy atom. The highest BCUT2D eigenvalue weighted by Gasteiger charge is 2.19. The summed E-state index contributed by atoms with van der Waals surface area (Å²) in [5.41, 5.74) is 0.912. The summed E-state index contributed by atoms with van der Waals surface area (Å²) in [4.78, 5) is 29.1. The van der Waals surface area contributed by atoms with Crippen molar-refractivity contribution >= 4 is 11.8 Å². The van der Waals surface area contributed by atoms with Gasteiger partial charge in [0, 0.05) is 32.0 Å². The van der Waals surface area contributed by atoms with Crippen molar-refractivity contribution in [3.63, 3.8) is 0 Å². The van der Waals surface area contributed by atoms with Crippen molar-refractivity contribution in [3.8, 4) is 0 Å². The molecule has 1 fully saturated rings. The van der Waals surface area contributed by atoms with Crippen LogP contribution in [0.5, 0.6) is 0 Å². The van der Waals surface area contributed by atoms with Gasteiger partial charge in [-0.15, -0.1) is 0 Å². The van der Waals surface area contributed by atoms with E-state index in [1.165, 1.54) is 0 Å². The highest BCUT2D eigenvalue weighted by Crippen LogP contribution is 2.01. The summed E-state index contributed by atoms with van der Waals surface area (Å²) in [6.07, 6.45) is 3.25. The fourth-order valence-corrected chi connectivity index (χ4v) is 1.83. The van der Waals surface area contributed by atoms with E-state index in [1.54, 1.807) is 23.4 Å². The Balaban J connectivity index is 1.73. The van der Waals surface area contributed by atoms with Gasteiger partial charge in [-0.05, 0) is 11.6 Å². The Hall–Kier alpha value is -1.95. The van der Waals surface area contributed by atoms with Crippen LogP contribution in [0.1, 0.15) is 12.0 Å². The molecule has 1 aromatic heterocycles. The molecule has 1 N–H and O–H groups in total. The normalized spacial score (nSPS) is 15.1. The third-order valence-electron chi connectivity index (χ3n) is 2.89. The lowest BCUT2D eigenvalue weighted by atomic mass is 10.2. The second-order valence-corrected chi connectivity index (χ2v) is 4.31. The van der Waals surface area contributed by atoms with E-state index in [0.717, 1.165) is 5.56 Å². The number of pyridine rings is 1. The van der Waals surface area contributed by atoms with Gasteiger partial charge in [0.15, 0.2) is 0 Å². The van der Waals surface area contributed by atoms with Gasteiger partial charge in [-0.1, -0.05) is 6.07 Å². The third kappa shape index (κ3) is 4.33. The number of carbonyl (C=O) groups excluding carboxylic acids is 2. The number of morpholine rings is 1.